The zero-order chi connectivity index (χ0) is 18.5. The minimum atomic E-state index is -0.481. The smallest absolute Gasteiger partial charge is 0.191 e. The number of hydrogen-bond acceptors (Lipinski definition) is 2. The summed E-state index contributed by atoms with van der Waals surface area (Å²) in [5, 5.41) is 6.23. The largest absolute Gasteiger partial charge is 0.357 e. The number of aliphatic imine (C=N–C) groups is 1. The van der Waals surface area contributed by atoms with E-state index in [4.69, 9.17) is 0 Å². The number of hydrogen-bond donors (Lipinski definition) is 2. The van der Waals surface area contributed by atoms with E-state index in [-0.39, 0.29) is 36.1 Å². The summed E-state index contributed by atoms with van der Waals surface area (Å²) in [6.45, 7) is 3.08. The van der Waals surface area contributed by atoms with E-state index < -0.39 is 11.6 Å². The van der Waals surface area contributed by atoms with E-state index in [1.807, 2.05) is 35.9 Å². The number of nitrogens with one attached hydrogen (secondary N) is 2. The van der Waals surface area contributed by atoms with Gasteiger partial charge in [-0.2, -0.15) is 0 Å². The maximum Gasteiger partial charge on any atom is 0.191 e. The number of pyridine rings is 1. The second-order valence-electron chi connectivity index (χ2n) is 5.63. The van der Waals surface area contributed by atoms with Crippen molar-refractivity contribution in [2.45, 2.75) is 20.0 Å². The molecule has 0 saturated carbocycles. The number of guanidine groups is 1. The van der Waals surface area contributed by atoms with Crippen LogP contribution in [-0.2, 0) is 13.1 Å². The van der Waals surface area contributed by atoms with Gasteiger partial charge in [0.05, 0.1) is 18.8 Å². The number of fused-ring (bicyclic) bond motifs is 1. The summed E-state index contributed by atoms with van der Waals surface area (Å²) in [4.78, 5) is 8.83. The Kier molecular flexibility index (Phi) is 7.96. The Morgan fingerprint density at radius 3 is 2.78 bits per heavy atom. The number of benzene rings is 1. The molecule has 0 aliphatic rings. The minimum absolute atomic E-state index is 0. The number of imidazole rings is 1. The highest BCUT2D eigenvalue weighted by molar-refractivity contribution is 14.0. The highest BCUT2D eigenvalue weighted by Gasteiger charge is 2.06. The van der Waals surface area contributed by atoms with Crippen LogP contribution >= 0.6 is 39.9 Å². The lowest BCUT2D eigenvalue weighted by atomic mass is 10.2. The Bertz CT molecular complexity index is 945. The molecule has 0 saturated heterocycles. The highest BCUT2D eigenvalue weighted by atomic mass is 127. The maximum absolute atomic E-state index is 13.7. The van der Waals surface area contributed by atoms with Crippen molar-refractivity contribution in [3.05, 3.63) is 70.1 Å². The van der Waals surface area contributed by atoms with Gasteiger partial charge in [0.15, 0.2) is 5.96 Å². The van der Waals surface area contributed by atoms with Crippen LogP contribution in [0.4, 0.5) is 8.78 Å². The molecule has 1 aromatic carbocycles. The van der Waals surface area contributed by atoms with E-state index in [9.17, 15) is 8.78 Å². The third kappa shape index (κ3) is 5.86. The molecule has 3 aromatic rings. The average Bonchev–Trinajstić information content (AvgIpc) is 3.02. The first-order chi connectivity index (χ1) is 12.5. The fraction of sp³-hybridized carbons (Fsp3) is 0.222. The summed E-state index contributed by atoms with van der Waals surface area (Å²) in [5.74, 6) is -0.447. The lowest BCUT2D eigenvalue weighted by molar-refractivity contribution is 0.585. The molecule has 0 spiro atoms. The lowest BCUT2D eigenvalue weighted by Gasteiger charge is -2.10. The van der Waals surface area contributed by atoms with Gasteiger partial charge < -0.3 is 15.0 Å². The number of rotatable bonds is 5. The molecule has 144 valence electrons. The molecule has 2 heterocycles. The van der Waals surface area contributed by atoms with Crippen molar-refractivity contribution in [2.24, 2.45) is 4.99 Å². The fourth-order valence-electron chi connectivity index (χ4n) is 2.45. The van der Waals surface area contributed by atoms with Crippen molar-refractivity contribution < 1.29 is 8.78 Å². The van der Waals surface area contributed by atoms with Crippen molar-refractivity contribution in [3.63, 3.8) is 0 Å². The highest BCUT2D eigenvalue weighted by Crippen LogP contribution is 2.13. The number of nitrogens with zero attached hydrogens (tertiary/aromatic N) is 3. The molecule has 3 rings (SSSR count). The summed E-state index contributed by atoms with van der Waals surface area (Å²) in [6, 6.07) is 7.20. The van der Waals surface area contributed by atoms with E-state index in [1.165, 1.54) is 0 Å². The van der Waals surface area contributed by atoms with Gasteiger partial charge in [0.25, 0.3) is 0 Å². The van der Waals surface area contributed by atoms with Gasteiger partial charge in [-0.1, -0.05) is 0 Å². The predicted octanol–water partition coefficient (Wildman–Crippen LogP) is 4.25. The molecule has 0 aliphatic heterocycles. The molecule has 0 radical (unpaired) electrons. The Morgan fingerprint density at radius 2 is 2.00 bits per heavy atom. The summed E-state index contributed by atoms with van der Waals surface area (Å²) in [7, 11) is 0. The molecule has 5 nitrogen and oxygen atoms in total. The van der Waals surface area contributed by atoms with E-state index in [0.29, 0.717) is 19.0 Å². The third-order valence-electron chi connectivity index (χ3n) is 3.66. The zero-order valence-electron chi connectivity index (χ0n) is 14.5. The van der Waals surface area contributed by atoms with Gasteiger partial charge >= 0.3 is 0 Å². The van der Waals surface area contributed by atoms with Crippen LogP contribution in [0.3, 0.4) is 0 Å². The zero-order valence-corrected chi connectivity index (χ0v) is 18.5. The lowest BCUT2D eigenvalue weighted by Crippen LogP contribution is -2.36. The summed E-state index contributed by atoms with van der Waals surface area (Å²) >= 11 is 3.43. The average molecular weight is 550 g/mol. The maximum atomic E-state index is 13.7. The van der Waals surface area contributed by atoms with Crippen molar-refractivity contribution in [2.75, 3.05) is 6.54 Å². The van der Waals surface area contributed by atoms with E-state index in [1.54, 1.807) is 0 Å². The van der Waals surface area contributed by atoms with Crippen LogP contribution in [0.2, 0.25) is 0 Å². The molecule has 2 N–H and O–H groups in total. The first-order valence-corrected chi connectivity index (χ1v) is 8.93. The molecule has 0 fully saturated rings. The predicted molar refractivity (Wildman–Crippen MR) is 116 cm³/mol. The third-order valence-corrected chi connectivity index (χ3v) is 4.13. The van der Waals surface area contributed by atoms with E-state index >= 15 is 0 Å². The van der Waals surface area contributed by atoms with Gasteiger partial charge in [-0.25, -0.2) is 18.8 Å². The molecule has 27 heavy (non-hydrogen) atoms. The first-order valence-electron chi connectivity index (χ1n) is 8.14. The van der Waals surface area contributed by atoms with Gasteiger partial charge in [0.2, 0.25) is 0 Å². The van der Waals surface area contributed by atoms with Crippen LogP contribution < -0.4 is 10.6 Å². The second-order valence-corrected chi connectivity index (χ2v) is 6.55. The second kappa shape index (κ2) is 9.98. The van der Waals surface area contributed by atoms with Crippen molar-refractivity contribution >= 4 is 51.5 Å². The Hall–Kier alpha value is -1.75. The molecule has 0 unspecified atom stereocenters. The van der Waals surface area contributed by atoms with Crippen molar-refractivity contribution in [3.8, 4) is 0 Å². The molecule has 2 aromatic heterocycles. The van der Waals surface area contributed by atoms with Crippen LogP contribution in [0, 0.1) is 11.6 Å². The van der Waals surface area contributed by atoms with Crippen LogP contribution in [0.1, 0.15) is 18.2 Å². The van der Waals surface area contributed by atoms with Crippen LogP contribution in [0.15, 0.2) is 52.2 Å². The number of aromatic nitrogens is 2. The van der Waals surface area contributed by atoms with Gasteiger partial charge in [-0.3, -0.25) is 0 Å². The van der Waals surface area contributed by atoms with Gasteiger partial charge in [0, 0.05) is 29.0 Å². The van der Waals surface area contributed by atoms with E-state index in [0.717, 1.165) is 34.0 Å². The molecule has 0 bridgehead atoms. The van der Waals surface area contributed by atoms with Crippen molar-refractivity contribution in [1.29, 1.82) is 0 Å². The van der Waals surface area contributed by atoms with Crippen LogP contribution in [0.25, 0.3) is 5.65 Å². The fourth-order valence-corrected chi connectivity index (χ4v) is 2.80. The monoisotopic (exact) mass is 549 g/mol. The van der Waals surface area contributed by atoms with E-state index in [2.05, 4.69) is 36.5 Å². The quantitative estimate of drug-likeness (QED) is 0.284. The Balaban J connectivity index is 0.00000261. The van der Waals surface area contributed by atoms with Gasteiger partial charge in [-0.05, 0) is 53.2 Å². The normalized spacial score (nSPS) is 11.3. The standard InChI is InChI=1S/C18H18BrF2N5.HI/c1-2-22-18(23-8-12-7-14(20)4-5-16(12)21)24-9-15-11-26-10-13(19)3-6-17(26)25-15;/h3-7,10-11H,2,8-9H2,1H3,(H2,22,23,24);1H. The van der Waals surface area contributed by atoms with Crippen LogP contribution in [0.5, 0.6) is 0 Å². The molecule has 9 heteroatoms. The summed E-state index contributed by atoms with van der Waals surface area (Å²) in [6.07, 6.45) is 3.85. The minimum Gasteiger partial charge on any atom is -0.357 e. The first kappa shape index (κ1) is 21.5. The Morgan fingerprint density at radius 1 is 1.19 bits per heavy atom. The van der Waals surface area contributed by atoms with Gasteiger partial charge in [0.1, 0.15) is 17.3 Å². The summed E-state index contributed by atoms with van der Waals surface area (Å²) < 4.78 is 29.9. The van der Waals surface area contributed by atoms with Crippen molar-refractivity contribution in [1.82, 2.24) is 20.0 Å². The molecule has 0 aliphatic carbocycles. The molecular formula is C18H19BrF2IN5. The summed E-state index contributed by atoms with van der Waals surface area (Å²) in [5.41, 5.74) is 1.89. The molecular weight excluding hydrogens is 531 g/mol. The van der Waals surface area contributed by atoms with Crippen LogP contribution in [-0.4, -0.2) is 21.9 Å². The number of halogens is 4. The topological polar surface area (TPSA) is 53.7 Å². The molecule has 0 amide bonds. The molecule has 0 atom stereocenters. The Labute approximate surface area is 181 Å². The van der Waals surface area contributed by atoms with Gasteiger partial charge in [-0.15, -0.1) is 24.0 Å². The SMILES string of the molecule is CCNC(=NCc1cc(F)ccc1F)NCc1cn2cc(Br)ccc2n1.I.